The maximum Gasteiger partial charge on any atom is 0.415 e. The molecule has 0 aromatic heterocycles. The first-order chi connectivity index (χ1) is 10.9. The van der Waals surface area contributed by atoms with Crippen molar-refractivity contribution < 1.29 is 40.0 Å². The van der Waals surface area contributed by atoms with Gasteiger partial charge in [-0.05, 0) is 6.42 Å². The maximum atomic E-state index is 12.9. The third-order valence-corrected chi connectivity index (χ3v) is 4.87. The Balaban J connectivity index is 5.48. The van der Waals surface area contributed by atoms with E-state index in [-0.39, 0.29) is 6.42 Å². The van der Waals surface area contributed by atoms with Crippen molar-refractivity contribution in [1.29, 1.82) is 0 Å². The lowest BCUT2D eigenvalue weighted by atomic mass is 10.2. The highest BCUT2D eigenvalue weighted by Crippen LogP contribution is 2.55. The molecular weight excluding hydrogens is 361 g/mol. The Morgan fingerprint density at radius 3 is 1.58 bits per heavy atom. The van der Waals surface area contributed by atoms with Gasteiger partial charge in [0.2, 0.25) is 0 Å². The molecule has 0 heterocycles. The van der Waals surface area contributed by atoms with Crippen molar-refractivity contribution in [3.63, 3.8) is 0 Å². The van der Waals surface area contributed by atoms with E-state index in [4.69, 9.17) is 0 Å². The highest BCUT2D eigenvalue weighted by atomic mass is 31.2. The quantitative estimate of drug-likeness (QED) is 0.249. The van der Waals surface area contributed by atoms with Crippen LogP contribution in [0.25, 0.3) is 0 Å². The molecule has 3 nitrogen and oxygen atoms in total. The molecule has 0 amide bonds. The van der Waals surface area contributed by atoms with Crippen LogP contribution in [0.5, 0.6) is 0 Å². The molecule has 0 aromatic carbocycles. The first kappa shape index (κ1) is 23.2. The second-order valence-corrected chi connectivity index (χ2v) is 7.10. The van der Waals surface area contributed by atoms with E-state index in [0.717, 1.165) is 12.2 Å². The third-order valence-electron chi connectivity index (χ3n) is 2.85. The molecule has 0 aromatic rings. The number of alkyl halides is 6. The molecule has 0 saturated heterocycles. The maximum absolute atomic E-state index is 12.9. The molecule has 0 aliphatic rings. The van der Waals surface area contributed by atoms with Crippen LogP contribution in [0, 0.1) is 0 Å². The summed E-state index contributed by atoms with van der Waals surface area (Å²) in [6.45, 7) is 7.90. The number of unbranched alkanes of at least 4 members (excludes halogenated alkanes) is 1. The van der Waals surface area contributed by atoms with Gasteiger partial charge in [0.15, 0.2) is 12.2 Å². The predicted molar refractivity (Wildman–Crippen MR) is 78.9 cm³/mol. The summed E-state index contributed by atoms with van der Waals surface area (Å²) in [7, 11) is -4.64. The molecule has 0 rings (SSSR count). The van der Waals surface area contributed by atoms with Crippen LogP contribution in [-0.2, 0) is 13.6 Å². The van der Waals surface area contributed by atoms with E-state index in [1.807, 2.05) is 0 Å². The van der Waals surface area contributed by atoms with Crippen molar-refractivity contribution in [3.05, 3.63) is 25.3 Å². The van der Waals surface area contributed by atoms with Crippen molar-refractivity contribution in [2.75, 3.05) is 6.16 Å². The molecule has 0 fully saturated rings. The number of hydrogen-bond acceptors (Lipinski definition) is 3. The fourth-order valence-electron chi connectivity index (χ4n) is 1.65. The summed E-state index contributed by atoms with van der Waals surface area (Å²) in [6.07, 6.45) is -14.7. The molecule has 0 aliphatic carbocycles. The Labute approximate surface area is 137 Å². The second kappa shape index (κ2) is 9.63. The summed E-state index contributed by atoms with van der Waals surface area (Å²) in [4.78, 5) is 0. The van der Waals surface area contributed by atoms with Crippen LogP contribution in [0.1, 0.15) is 32.6 Å². The summed E-state index contributed by atoms with van der Waals surface area (Å²) >= 11 is 0. The Morgan fingerprint density at radius 2 is 1.33 bits per heavy atom. The SMILES string of the molecule is C=CCC(OP(=O)(CCCC)OC(CC=C)C(F)(F)F)C(F)(F)F. The predicted octanol–water partition coefficient (Wildman–Crippen LogP) is 6.03. The standard InChI is InChI=1S/C14H21F6O3P/c1-4-7-10-24(21,22-11(8-5-2)13(15,16)17)23-12(9-6-3)14(18,19)20/h5-6,11-12H,2-4,7-10H2,1H3. The van der Waals surface area contributed by atoms with E-state index < -0.39 is 51.2 Å². The van der Waals surface area contributed by atoms with E-state index in [9.17, 15) is 30.9 Å². The van der Waals surface area contributed by atoms with Gasteiger partial charge < -0.3 is 0 Å². The monoisotopic (exact) mass is 382 g/mol. The highest BCUT2D eigenvalue weighted by Gasteiger charge is 2.48. The average molecular weight is 382 g/mol. The minimum Gasteiger partial charge on any atom is -0.295 e. The number of halogens is 6. The fraction of sp³-hybridized carbons (Fsp3) is 0.714. The number of hydrogen-bond donors (Lipinski definition) is 0. The van der Waals surface area contributed by atoms with Gasteiger partial charge in [-0.3, -0.25) is 13.6 Å². The zero-order valence-corrected chi connectivity index (χ0v) is 14.1. The molecule has 0 N–H and O–H groups in total. The van der Waals surface area contributed by atoms with Crippen LogP contribution >= 0.6 is 7.60 Å². The second-order valence-electron chi connectivity index (χ2n) is 5.01. The van der Waals surface area contributed by atoms with Crippen molar-refractivity contribution in [1.82, 2.24) is 0 Å². The molecule has 142 valence electrons. The van der Waals surface area contributed by atoms with Crippen LogP contribution < -0.4 is 0 Å². The Morgan fingerprint density at radius 1 is 0.958 bits per heavy atom. The van der Waals surface area contributed by atoms with Crippen molar-refractivity contribution in [2.24, 2.45) is 0 Å². The summed E-state index contributed by atoms with van der Waals surface area (Å²) in [6, 6.07) is 0. The Kier molecular flexibility index (Phi) is 9.31. The minimum atomic E-state index is -4.91. The molecule has 2 atom stereocenters. The molecule has 24 heavy (non-hydrogen) atoms. The van der Waals surface area contributed by atoms with Crippen molar-refractivity contribution >= 4 is 7.60 Å². The molecule has 0 bridgehead atoms. The van der Waals surface area contributed by atoms with E-state index in [1.165, 1.54) is 0 Å². The topological polar surface area (TPSA) is 35.5 Å². The van der Waals surface area contributed by atoms with Gasteiger partial charge in [-0.25, -0.2) is 0 Å². The lowest BCUT2D eigenvalue weighted by Gasteiger charge is -2.29. The zero-order chi connectivity index (χ0) is 19.0. The van der Waals surface area contributed by atoms with Gasteiger partial charge in [0.25, 0.3) is 0 Å². The van der Waals surface area contributed by atoms with Crippen LogP contribution in [0.2, 0.25) is 0 Å². The smallest absolute Gasteiger partial charge is 0.295 e. The molecule has 0 aliphatic heterocycles. The van der Waals surface area contributed by atoms with Gasteiger partial charge in [0, 0.05) is 12.8 Å². The lowest BCUT2D eigenvalue weighted by Crippen LogP contribution is -2.34. The first-order valence-corrected chi connectivity index (χ1v) is 8.93. The van der Waals surface area contributed by atoms with E-state index in [2.05, 4.69) is 22.2 Å². The van der Waals surface area contributed by atoms with Crippen molar-refractivity contribution in [2.45, 2.75) is 57.2 Å². The van der Waals surface area contributed by atoms with E-state index in [0.29, 0.717) is 6.42 Å². The molecule has 0 radical (unpaired) electrons. The largest absolute Gasteiger partial charge is 0.415 e. The van der Waals surface area contributed by atoms with Gasteiger partial charge >= 0.3 is 19.9 Å². The van der Waals surface area contributed by atoms with Gasteiger partial charge in [-0.15, -0.1) is 13.2 Å². The van der Waals surface area contributed by atoms with Gasteiger partial charge in [-0.1, -0.05) is 25.5 Å². The molecular formula is C14H21F6O3P. The van der Waals surface area contributed by atoms with Crippen LogP contribution in [0.4, 0.5) is 26.3 Å². The van der Waals surface area contributed by atoms with E-state index >= 15 is 0 Å². The van der Waals surface area contributed by atoms with Crippen LogP contribution in [0.15, 0.2) is 25.3 Å². The Bertz CT molecular complexity index is 413. The molecule has 0 spiro atoms. The van der Waals surface area contributed by atoms with E-state index in [1.54, 1.807) is 6.92 Å². The first-order valence-electron chi connectivity index (χ1n) is 7.20. The Hall–Kier alpha value is -0.790. The average Bonchev–Trinajstić information content (AvgIpc) is 2.42. The third kappa shape index (κ3) is 8.35. The summed E-state index contributed by atoms with van der Waals surface area (Å²) in [5.41, 5.74) is 0. The van der Waals surface area contributed by atoms with Crippen molar-refractivity contribution in [3.8, 4) is 0 Å². The minimum absolute atomic E-state index is 0.0919. The van der Waals surface area contributed by atoms with Gasteiger partial charge in [0.1, 0.15) is 0 Å². The summed E-state index contributed by atoms with van der Waals surface area (Å²) < 4.78 is 98.9. The summed E-state index contributed by atoms with van der Waals surface area (Å²) in [5.74, 6) is 0. The van der Waals surface area contributed by atoms with Crippen LogP contribution in [-0.4, -0.2) is 30.7 Å². The zero-order valence-electron chi connectivity index (χ0n) is 13.2. The fourth-order valence-corrected chi connectivity index (χ4v) is 3.80. The van der Waals surface area contributed by atoms with Crippen LogP contribution in [0.3, 0.4) is 0 Å². The lowest BCUT2D eigenvalue weighted by molar-refractivity contribution is -0.209. The normalized spacial score (nSPS) is 17.8. The molecule has 0 saturated carbocycles. The highest BCUT2D eigenvalue weighted by molar-refractivity contribution is 7.53. The summed E-state index contributed by atoms with van der Waals surface area (Å²) in [5, 5.41) is 0. The van der Waals surface area contributed by atoms with Gasteiger partial charge in [0.05, 0.1) is 6.16 Å². The molecule has 2 unspecified atom stereocenters. The van der Waals surface area contributed by atoms with Gasteiger partial charge in [-0.2, -0.15) is 26.3 Å². The molecule has 10 heteroatoms. The number of rotatable bonds is 11.